The molecule has 0 heterocycles. The van der Waals surface area contributed by atoms with E-state index in [0.29, 0.717) is 17.0 Å². The molecule has 132 valence electrons. The predicted molar refractivity (Wildman–Crippen MR) is 97.3 cm³/mol. The molecule has 0 saturated heterocycles. The summed E-state index contributed by atoms with van der Waals surface area (Å²) >= 11 is 11.8. The molecule has 25 heavy (non-hydrogen) atoms. The molecule has 0 unspecified atom stereocenters. The highest BCUT2D eigenvalue weighted by atomic mass is 35.5. The van der Waals surface area contributed by atoms with Crippen molar-refractivity contribution in [2.45, 2.75) is 30.6 Å². The lowest BCUT2D eigenvalue weighted by Gasteiger charge is -2.21. The van der Waals surface area contributed by atoms with Gasteiger partial charge in [0.1, 0.15) is 4.90 Å². The van der Waals surface area contributed by atoms with E-state index in [1.54, 1.807) is 6.07 Å². The van der Waals surface area contributed by atoms with Crippen molar-refractivity contribution in [3.8, 4) is 0 Å². The molecule has 0 aromatic heterocycles. The van der Waals surface area contributed by atoms with Crippen LogP contribution in [0.3, 0.4) is 0 Å². The second kappa shape index (κ2) is 6.86. The Bertz CT molecular complexity index is 957. The van der Waals surface area contributed by atoms with Crippen molar-refractivity contribution >= 4 is 44.9 Å². The van der Waals surface area contributed by atoms with Crippen molar-refractivity contribution in [2.75, 3.05) is 4.72 Å². The van der Waals surface area contributed by atoms with Crippen LogP contribution in [-0.4, -0.2) is 19.5 Å². The van der Waals surface area contributed by atoms with Crippen molar-refractivity contribution in [1.29, 1.82) is 0 Å². The Kier molecular flexibility index (Phi) is 4.95. The van der Waals surface area contributed by atoms with Crippen LogP contribution in [0.2, 0.25) is 10.0 Å². The van der Waals surface area contributed by atoms with Gasteiger partial charge < -0.3 is 5.11 Å². The van der Waals surface area contributed by atoms with Crippen LogP contribution in [0.5, 0.6) is 0 Å². The van der Waals surface area contributed by atoms with Gasteiger partial charge in [-0.3, -0.25) is 4.72 Å². The molecule has 0 aliphatic heterocycles. The standard InChI is InChI=1S/C17H15Cl2NO4S/c18-11-6-8-15(13(19)9-11)25(23,24)20-14-7-5-10-3-1-2-4-12(10)16(14)17(21)22/h5-9,20H,1-4H2,(H,21,22). The Morgan fingerprint density at radius 1 is 1.08 bits per heavy atom. The van der Waals surface area contributed by atoms with Crippen LogP contribution in [0, 0.1) is 0 Å². The van der Waals surface area contributed by atoms with Gasteiger partial charge in [-0.2, -0.15) is 0 Å². The zero-order valence-electron chi connectivity index (χ0n) is 13.1. The zero-order valence-corrected chi connectivity index (χ0v) is 15.4. The maximum atomic E-state index is 12.6. The lowest BCUT2D eigenvalue weighted by atomic mass is 9.87. The highest BCUT2D eigenvalue weighted by Gasteiger charge is 2.25. The molecule has 0 fully saturated rings. The molecule has 2 aromatic rings. The number of nitrogens with one attached hydrogen (secondary N) is 1. The van der Waals surface area contributed by atoms with Crippen LogP contribution in [0.4, 0.5) is 5.69 Å². The van der Waals surface area contributed by atoms with Crippen LogP contribution >= 0.6 is 23.2 Å². The lowest BCUT2D eigenvalue weighted by Crippen LogP contribution is -2.19. The van der Waals surface area contributed by atoms with Crippen molar-refractivity contribution in [1.82, 2.24) is 0 Å². The topological polar surface area (TPSA) is 83.5 Å². The van der Waals surface area contributed by atoms with Crippen LogP contribution in [0.1, 0.15) is 34.3 Å². The minimum Gasteiger partial charge on any atom is -0.478 e. The largest absolute Gasteiger partial charge is 0.478 e. The smallest absolute Gasteiger partial charge is 0.338 e. The molecule has 0 atom stereocenters. The van der Waals surface area contributed by atoms with Gasteiger partial charge in [0, 0.05) is 5.02 Å². The fourth-order valence-corrected chi connectivity index (χ4v) is 4.90. The Hall–Kier alpha value is -1.76. The summed E-state index contributed by atoms with van der Waals surface area (Å²) in [5.41, 5.74) is 1.70. The van der Waals surface area contributed by atoms with Crippen LogP contribution < -0.4 is 4.72 Å². The number of carbonyl (C=O) groups is 1. The molecule has 2 N–H and O–H groups in total. The number of benzene rings is 2. The van der Waals surface area contributed by atoms with E-state index < -0.39 is 16.0 Å². The van der Waals surface area contributed by atoms with Gasteiger partial charge in [-0.05, 0) is 61.1 Å². The van der Waals surface area contributed by atoms with Gasteiger partial charge in [-0.15, -0.1) is 0 Å². The minimum atomic E-state index is -4.05. The summed E-state index contributed by atoms with van der Waals surface area (Å²) in [6.45, 7) is 0. The average Bonchev–Trinajstić information content (AvgIpc) is 2.53. The highest BCUT2D eigenvalue weighted by Crippen LogP contribution is 2.32. The third-order valence-electron chi connectivity index (χ3n) is 4.17. The van der Waals surface area contributed by atoms with Gasteiger partial charge >= 0.3 is 5.97 Å². The SMILES string of the molecule is O=C(O)c1c(NS(=O)(=O)c2ccc(Cl)cc2Cl)ccc2c1CCCC2. The minimum absolute atomic E-state index is 0.00543. The monoisotopic (exact) mass is 399 g/mol. The first-order valence-electron chi connectivity index (χ1n) is 7.65. The summed E-state index contributed by atoms with van der Waals surface area (Å²) in [6.07, 6.45) is 3.30. The third-order valence-corrected chi connectivity index (χ3v) is 6.26. The molecule has 1 aliphatic carbocycles. The number of rotatable bonds is 4. The van der Waals surface area contributed by atoms with Crippen LogP contribution in [0.15, 0.2) is 35.2 Å². The van der Waals surface area contributed by atoms with Gasteiger partial charge in [-0.25, -0.2) is 13.2 Å². The average molecular weight is 400 g/mol. The number of carboxylic acid groups (broad SMARTS) is 1. The summed E-state index contributed by atoms with van der Waals surface area (Å²) in [5.74, 6) is -1.15. The Labute approximate surface area is 155 Å². The van der Waals surface area contributed by atoms with Gasteiger partial charge in [0.25, 0.3) is 10.0 Å². The van der Waals surface area contributed by atoms with Gasteiger partial charge in [0.15, 0.2) is 0 Å². The van der Waals surface area contributed by atoms with Crippen molar-refractivity contribution < 1.29 is 18.3 Å². The summed E-state index contributed by atoms with van der Waals surface area (Å²) in [4.78, 5) is 11.6. The first kappa shape index (κ1) is 18.0. The van der Waals surface area contributed by atoms with Crippen LogP contribution in [-0.2, 0) is 22.9 Å². The molecule has 0 radical (unpaired) electrons. The van der Waals surface area contributed by atoms with Crippen molar-refractivity contribution in [3.05, 3.63) is 57.1 Å². The number of fused-ring (bicyclic) bond motifs is 1. The molecule has 0 spiro atoms. The van der Waals surface area contributed by atoms with Crippen molar-refractivity contribution in [3.63, 3.8) is 0 Å². The Balaban J connectivity index is 2.07. The summed E-state index contributed by atoms with van der Waals surface area (Å²) in [5, 5.41) is 9.88. The fraction of sp³-hybridized carbons (Fsp3) is 0.235. The predicted octanol–water partition coefficient (Wildman–Crippen LogP) is 4.37. The quantitative estimate of drug-likeness (QED) is 0.798. The summed E-state index contributed by atoms with van der Waals surface area (Å²) < 4.78 is 27.6. The van der Waals surface area contributed by atoms with E-state index in [0.717, 1.165) is 24.8 Å². The molecule has 0 saturated carbocycles. The van der Waals surface area contributed by atoms with Gasteiger partial charge in [0.05, 0.1) is 16.3 Å². The first-order valence-corrected chi connectivity index (χ1v) is 9.89. The number of carboxylic acids is 1. The Morgan fingerprint density at radius 2 is 1.80 bits per heavy atom. The van der Waals surface area contributed by atoms with Gasteiger partial charge in [-0.1, -0.05) is 29.3 Å². The molecule has 3 rings (SSSR count). The summed E-state index contributed by atoms with van der Waals surface area (Å²) in [7, 11) is -4.05. The molecule has 8 heteroatoms. The normalized spacial score (nSPS) is 14.0. The number of sulfonamides is 1. The Morgan fingerprint density at radius 3 is 2.48 bits per heavy atom. The first-order chi connectivity index (χ1) is 11.8. The number of anilines is 1. The van der Waals surface area contributed by atoms with E-state index in [1.165, 1.54) is 24.3 Å². The van der Waals surface area contributed by atoms with E-state index in [4.69, 9.17) is 23.2 Å². The molecule has 1 aliphatic rings. The second-order valence-corrected chi connectivity index (χ2v) is 8.31. The molecule has 0 amide bonds. The summed E-state index contributed by atoms with van der Waals surface area (Å²) in [6, 6.07) is 7.29. The molecular formula is C17H15Cl2NO4S. The lowest BCUT2D eigenvalue weighted by molar-refractivity contribution is 0.0696. The molecule has 0 bridgehead atoms. The molecular weight excluding hydrogens is 385 g/mol. The fourth-order valence-electron chi connectivity index (χ4n) is 3.05. The maximum Gasteiger partial charge on any atom is 0.338 e. The number of aromatic carboxylic acids is 1. The number of aryl methyl sites for hydroxylation is 1. The highest BCUT2D eigenvalue weighted by molar-refractivity contribution is 7.92. The van der Waals surface area contributed by atoms with E-state index in [9.17, 15) is 18.3 Å². The maximum absolute atomic E-state index is 12.6. The number of halogens is 2. The second-order valence-electron chi connectivity index (χ2n) is 5.82. The van der Waals surface area contributed by atoms with E-state index >= 15 is 0 Å². The molecule has 5 nitrogen and oxygen atoms in total. The third kappa shape index (κ3) is 3.61. The zero-order chi connectivity index (χ0) is 18.2. The van der Waals surface area contributed by atoms with E-state index in [-0.39, 0.29) is 21.2 Å². The number of hydrogen-bond donors (Lipinski definition) is 2. The van der Waals surface area contributed by atoms with Gasteiger partial charge in [0.2, 0.25) is 0 Å². The number of hydrogen-bond acceptors (Lipinski definition) is 3. The van der Waals surface area contributed by atoms with Crippen molar-refractivity contribution in [2.24, 2.45) is 0 Å². The van der Waals surface area contributed by atoms with Crippen LogP contribution in [0.25, 0.3) is 0 Å². The molecule has 2 aromatic carbocycles. The van der Waals surface area contributed by atoms with E-state index in [2.05, 4.69) is 4.72 Å². The van der Waals surface area contributed by atoms with E-state index in [1.807, 2.05) is 0 Å².